The van der Waals surface area contributed by atoms with E-state index in [9.17, 15) is 9.50 Å². The molecule has 1 N–H and O–H groups in total. The number of hydrogen-bond donors (Lipinski definition) is 1. The summed E-state index contributed by atoms with van der Waals surface area (Å²) < 4.78 is 13.5. The van der Waals surface area contributed by atoms with Crippen molar-refractivity contribution >= 4 is 5.95 Å². The molecule has 3 rings (SSSR count). The molecule has 2 aromatic rings. The lowest BCUT2D eigenvalue weighted by atomic mass is 10.0. The van der Waals surface area contributed by atoms with E-state index in [2.05, 4.69) is 9.97 Å². The molecule has 1 fully saturated rings. The monoisotopic (exact) mass is 298 g/mol. The first-order valence-electron chi connectivity index (χ1n) is 7.03. The van der Waals surface area contributed by atoms with Crippen molar-refractivity contribution in [1.82, 2.24) is 9.97 Å². The molecule has 5 nitrogen and oxygen atoms in total. The zero-order valence-electron chi connectivity index (χ0n) is 12.1. The van der Waals surface area contributed by atoms with Gasteiger partial charge in [0, 0.05) is 12.2 Å². The van der Waals surface area contributed by atoms with Crippen LogP contribution in [0.4, 0.5) is 10.3 Å². The average Bonchev–Trinajstić information content (AvgIpc) is 2.88. The van der Waals surface area contributed by atoms with E-state index >= 15 is 0 Å². The third-order valence-electron chi connectivity index (χ3n) is 3.73. The molecule has 0 amide bonds. The molecular formula is C16H15FN4O. The summed E-state index contributed by atoms with van der Waals surface area (Å²) in [6.45, 7) is 2.14. The molecule has 0 saturated carbocycles. The number of aliphatic hydroxyl groups excluding tert-OH is 1. The minimum Gasteiger partial charge on any atom is -0.391 e. The maximum absolute atomic E-state index is 13.5. The first-order chi connectivity index (χ1) is 10.6. The van der Waals surface area contributed by atoms with E-state index in [1.165, 1.54) is 12.1 Å². The Bertz CT molecular complexity index is 743. The van der Waals surface area contributed by atoms with Crippen molar-refractivity contribution in [3.05, 3.63) is 53.1 Å². The van der Waals surface area contributed by atoms with Gasteiger partial charge in [-0.15, -0.1) is 0 Å². The van der Waals surface area contributed by atoms with Gasteiger partial charge in [0.1, 0.15) is 17.6 Å². The Morgan fingerprint density at radius 3 is 2.91 bits per heavy atom. The van der Waals surface area contributed by atoms with Gasteiger partial charge in [-0.1, -0.05) is 12.1 Å². The second kappa shape index (κ2) is 5.70. The summed E-state index contributed by atoms with van der Waals surface area (Å²) in [5.74, 6) is 0.0732. The third kappa shape index (κ3) is 2.76. The van der Waals surface area contributed by atoms with E-state index in [0.717, 1.165) is 5.56 Å². The smallest absolute Gasteiger partial charge is 0.227 e. The number of hydrogen-bond acceptors (Lipinski definition) is 5. The number of anilines is 1. The average molecular weight is 298 g/mol. The minimum absolute atomic E-state index is 0.209. The molecule has 0 spiro atoms. The van der Waals surface area contributed by atoms with E-state index in [4.69, 9.17) is 5.26 Å². The molecule has 112 valence electrons. The number of rotatable bonds is 2. The Morgan fingerprint density at radius 1 is 1.36 bits per heavy atom. The van der Waals surface area contributed by atoms with Crippen LogP contribution in [-0.4, -0.2) is 27.7 Å². The standard InChI is InChI=1S/C16H15FN4O/c1-10-5-13(8-18)20-16(19-10)21-9-14(22)7-15(21)11-3-2-4-12(17)6-11/h2-6,14-15,22H,7,9H2,1H3/t14-,15-/m0/s1. The second-order valence-corrected chi connectivity index (χ2v) is 5.42. The number of aryl methyl sites for hydroxylation is 1. The summed E-state index contributed by atoms with van der Waals surface area (Å²) in [4.78, 5) is 10.4. The largest absolute Gasteiger partial charge is 0.391 e. The number of nitriles is 1. The third-order valence-corrected chi connectivity index (χ3v) is 3.73. The van der Waals surface area contributed by atoms with E-state index in [0.29, 0.717) is 24.6 Å². The van der Waals surface area contributed by atoms with Gasteiger partial charge in [-0.25, -0.2) is 14.4 Å². The van der Waals surface area contributed by atoms with Crippen LogP contribution in [0.5, 0.6) is 0 Å². The van der Waals surface area contributed by atoms with Crippen LogP contribution >= 0.6 is 0 Å². The molecule has 1 aromatic carbocycles. The highest BCUT2D eigenvalue weighted by atomic mass is 19.1. The van der Waals surface area contributed by atoms with Crippen LogP contribution in [0.15, 0.2) is 30.3 Å². The molecule has 22 heavy (non-hydrogen) atoms. The second-order valence-electron chi connectivity index (χ2n) is 5.42. The molecule has 1 aliphatic heterocycles. The van der Waals surface area contributed by atoms with Gasteiger partial charge < -0.3 is 10.0 Å². The Kier molecular flexibility index (Phi) is 3.73. The Hall–Kier alpha value is -2.52. The summed E-state index contributed by atoms with van der Waals surface area (Å²) in [6.07, 6.45) is -0.0641. The first kappa shape index (κ1) is 14.4. The van der Waals surface area contributed by atoms with Crippen molar-refractivity contribution in [2.75, 3.05) is 11.4 Å². The molecule has 0 aliphatic carbocycles. The van der Waals surface area contributed by atoms with Crippen LogP contribution in [0.2, 0.25) is 0 Å². The van der Waals surface area contributed by atoms with Crippen molar-refractivity contribution in [3.8, 4) is 6.07 Å². The molecule has 0 unspecified atom stereocenters. The summed E-state index contributed by atoms with van der Waals surface area (Å²) >= 11 is 0. The molecule has 6 heteroatoms. The lowest BCUT2D eigenvalue weighted by Gasteiger charge is -2.25. The summed E-state index contributed by atoms with van der Waals surface area (Å²) in [5.41, 5.74) is 1.72. The Morgan fingerprint density at radius 2 is 2.18 bits per heavy atom. The van der Waals surface area contributed by atoms with Gasteiger partial charge >= 0.3 is 0 Å². The normalized spacial score (nSPS) is 20.9. The fraction of sp³-hybridized carbons (Fsp3) is 0.312. The van der Waals surface area contributed by atoms with Crippen LogP contribution in [0.25, 0.3) is 0 Å². The van der Waals surface area contributed by atoms with Gasteiger partial charge in [-0.05, 0) is 37.1 Å². The maximum atomic E-state index is 13.5. The number of halogens is 1. The number of nitrogens with zero attached hydrogens (tertiary/aromatic N) is 4. The van der Waals surface area contributed by atoms with Crippen LogP contribution < -0.4 is 4.90 Å². The van der Waals surface area contributed by atoms with Crippen LogP contribution in [0, 0.1) is 24.1 Å². The molecular weight excluding hydrogens is 283 g/mol. The molecule has 1 aliphatic rings. The molecule has 0 bridgehead atoms. The number of benzene rings is 1. The van der Waals surface area contributed by atoms with Crippen molar-refractivity contribution < 1.29 is 9.50 Å². The van der Waals surface area contributed by atoms with Gasteiger partial charge in [-0.3, -0.25) is 0 Å². The Labute approximate surface area is 127 Å². The maximum Gasteiger partial charge on any atom is 0.227 e. The van der Waals surface area contributed by atoms with Crippen LogP contribution in [-0.2, 0) is 0 Å². The quantitative estimate of drug-likeness (QED) is 0.919. The van der Waals surface area contributed by atoms with Gasteiger partial charge in [0.2, 0.25) is 5.95 Å². The first-order valence-corrected chi connectivity index (χ1v) is 7.03. The fourth-order valence-corrected chi connectivity index (χ4v) is 2.80. The van der Waals surface area contributed by atoms with Crippen molar-refractivity contribution in [3.63, 3.8) is 0 Å². The predicted molar refractivity (Wildman–Crippen MR) is 78.6 cm³/mol. The highest BCUT2D eigenvalue weighted by Crippen LogP contribution is 2.35. The lowest BCUT2D eigenvalue weighted by Crippen LogP contribution is -2.26. The van der Waals surface area contributed by atoms with E-state index in [1.807, 2.05) is 17.0 Å². The fourth-order valence-electron chi connectivity index (χ4n) is 2.80. The molecule has 1 saturated heterocycles. The Balaban J connectivity index is 2.01. The van der Waals surface area contributed by atoms with Gasteiger partial charge in [-0.2, -0.15) is 5.26 Å². The summed E-state index contributed by atoms with van der Waals surface area (Å²) in [7, 11) is 0. The molecule has 2 atom stereocenters. The summed E-state index contributed by atoms with van der Waals surface area (Å²) in [6, 6.07) is 9.71. The minimum atomic E-state index is -0.539. The zero-order valence-corrected chi connectivity index (χ0v) is 12.1. The van der Waals surface area contributed by atoms with Crippen molar-refractivity contribution in [2.24, 2.45) is 0 Å². The van der Waals surface area contributed by atoms with Crippen LogP contribution in [0.3, 0.4) is 0 Å². The van der Waals surface area contributed by atoms with Gasteiger partial charge in [0.05, 0.1) is 12.1 Å². The number of β-amino-alcohol motifs (C(OH)–C–C–N with tert-alkyl or cyclic N) is 1. The number of aromatic nitrogens is 2. The highest BCUT2D eigenvalue weighted by molar-refractivity contribution is 5.42. The highest BCUT2D eigenvalue weighted by Gasteiger charge is 2.34. The zero-order chi connectivity index (χ0) is 15.7. The predicted octanol–water partition coefficient (Wildman–Crippen LogP) is 2.11. The van der Waals surface area contributed by atoms with E-state index in [-0.39, 0.29) is 17.6 Å². The molecule has 0 radical (unpaired) electrons. The van der Waals surface area contributed by atoms with Crippen molar-refractivity contribution in [2.45, 2.75) is 25.5 Å². The SMILES string of the molecule is Cc1cc(C#N)nc(N2C[C@@H](O)C[C@H]2c2cccc(F)c2)n1. The van der Waals surface area contributed by atoms with E-state index in [1.54, 1.807) is 19.1 Å². The number of aliphatic hydroxyl groups is 1. The van der Waals surface area contributed by atoms with Gasteiger partial charge in [0.15, 0.2) is 0 Å². The van der Waals surface area contributed by atoms with Crippen LogP contribution in [0.1, 0.15) is 29.4 Å². The topological polar surface area (TPSA) is 73.0 Å². The molecule has 2 heterocycles. The van der Waals surface area contributed by atoms with Crippen molar-refractivity contribution in [1.29, 1.82) is 5.26 Å². The summed E-state index contributed by atoms with van der Waals surface area (Å²) in [5, 5.41) is 19.0. The van der Waals surface area contributed by atoms with E-state index < -0.39 is 6.10 Å². The lowest BCUT2D eigenvalue weighted by molar-refractivity contribution is 0.194. The van der Waals surface area contributed by atoms with Gasteiger partial charge in [0.25, 0.3) is 0 Å². The molecule has 1 aromatic heterocycles.